The van der Waals surface area contributed by atoms with E-state index in [1.165, 1.54) is 23.1 Å². The topological polar surface area (TPSA) is 139 Å². The van der Waals surface area contributed by atoms with Gasteiger partial charge in [-0.05, 0) is 61.7 Å². The molecular formula is C30H24FN5O4. The van der Waals surface area contributed by atoms with Crippen molar-refractivity contribution < 1.29 is 23.9 Å². The number of hydrogen-bond donors (Lipinski definition) is 3. The van der Waals surface area contributed by atoms with Crippen LogP contribution in [0.5, 0.6) is 0 Å². The van der Waals surface area contributed by atoms with Crippen molar-refractivity contribution in [2.24, 2.45) is 5.84 Å². The third-order valence-corrected chi connectivity index (χ3v) is 6.77. The number of pyridine rings is 2. The van der Waals surface area contributed by atoms with E-state index in [0.717, 1.165) is 5.56 Å². The Hall–Kier alpha value is -5.14. The highest BCUT2D eigenvalue weighted by molar-refractivity contribution is 6.06. The highest BCUT2D eigenvalue weighted by Crippen LogP contribution is 2.25. The molecule has 5 rings (SSSR count). The van der Waals surface area contributed by atoms with Gasteiger partial charge in [-0.1, -0.05) is 24.0 Å². The fourth-order valence-electron chi connectivity index (χ4n) is 4.70. The molecule has 9 nitrogen and oxygen atoms in total. The van der Waals surface area contributed by atoms with Crippen molar-refractivity contribution in [1.82, 2.24) is 20.3 Å². The average Bonchev–Trinajstić information content (AvgIpc) is 2.99. The number of carboxylic acids is 1. The van der Waals surface area contributed by atoms with Gasteiger partial charge in [0, 0.05) is 41.0 Å². The van der Waals surface area contributed by atoms with Gasteiger partial charge >= 0.3 is 5.97 Å². The van der Waals surface area contributed by atoms with E-state index in [9.17, 15) is 23.9 Å². The maximum Gasteiger partial charge on any atom is 0.326 e. The zero-order valence-corrected chi connectivity index (χ0v) is 21.2. The smallest absolute Gasteiger partial charge is 0.326 e. The van der Waals surface area contributed by atoms with Crippen LogP contribution in [0.25, 0.3) is 22.2 Å². The summed E-state index contributed by atoms with van der Waals surface area (Å²) in [6, 6.07) is 13.6. The number of aliphatic carboxylic acids is 1. The molecule has 2 amide bonds. The predicted molar refractivity (Wildman–Crippen MR) is 145 cm³/mol. The Kier molecular flexibility index (Phi) is 7.48. The molecule has 0 bridgehead atoms. The van der Waals surface area contributed by atoms with Gasteiger partial charge in [-0.2, -0.15) is 0 Å². The Morgan fingerprint density at radius 2 is 1.75 bits per heavy atom. The maximum absolute atomic E-state index is 14.9. The molecule has 0 radical (unpaired) electrons. The normalized spacial score (nSPS) is 14.8. The molecule has 0 spiro atoms. The molecule has 10 heteroatoms. The molecule has 4 N–H and O–H groups in total. The fraction of sp³-hybridized carbons (Fsp3) is 0.167. The number of likely N-dealkylation sites (tertiary alicyclic amines) is 1. The van der Waals surface area contributed by atoms with Gasteiger partial charge in [0.05, 0.1) is 22.3 Å². The number of hydrazine groups is 1. The zero-order chi connectivity index (χ0) is 28.2. The Morgan fingerprint density at radius 1 is 1.00 bits per heavy atom. The molecule has 0 saturated carbocycles. The third-order valence-electron chi connectivity index (χ3n) is 6.77. The van der Waals surface area contributed by atoms with Crippen molar-refractivity contribution in [3.63, 3.8) is 0 Å². The molecule has 4 aromatic rings. The molecule has 200 valence electrons. The Labute approximate surface area is 228 Å². The second kappa shape index (κ2) is 11.3. The van der Waals surface area contributed by atoms with Crippen molar-refractivity contribution in [2.75, 3.05) is 6.54 Å². The number of carbonyl (C=O) groups excluding carboxylic acids is 2. The highest BCUT2D eigenvalue weighted by atomic mass is 19.1. The molecular weight excluding hydrogens is 513 g/mol. The van der Waals surface area contributed by atoms with Gasteiger partial charge in [-0.25, -0.2) is 20.0 Å². The minimum Gasteiger partial charge on any atom is -0.480 e. The predicted octanol–water partition coefficient (Wildman–Crippen LogP) is 3.52. The molecule has 2 aromatic carbocycles. The van der Waals surface area contributed by atoms with Crippen molar-refractivity contribution >= 4 is 28.7 Å². The molecule has 3 heterocycles. The van der Waals surface area contributed by atoms with Crippen LogP contribution in [0, 0.1) is 17.7 Å². The lowest BCUT2D eigenvalue weighted by Gasteiger charge is -2.33. The number of nitrogens with two attached hydrogens (primary N) is 1. The first-order chi connectivity index (χ1) is 19.4. The van der Waals surface area contributed by atoms with Crippen LogP contribution in [-0.2, 0) is 4.79 Å². The number of amides is 2. The zero-order valence-electron chi connectivity index (χ0n) is 21.2. The van der Waals surface area contributed by atoms with Gasteiger partial charge < -0.3 is 10.0 Å². The van der Waals surface area contributed by atoms with E-state index >= 15 is 0 Å². The summed E-state index contributed by atoms with van der Waals surface area (Å²) in [6.45, 7) is 0.278. The number of fused-ring (bicyclic) bond motifs is 1. The number of carboxylic acid groups (broad SMARTS) is 1. The number of rotatable bonds is 4. The van der Waals surface area contributed by atoms with Crippen LogP contribution >= 0.6 is 0 Å². The molecule has 1 saturated heterocycles. The largest absolute Gasteiger partial charge is 0.480 e. The summed E-state index contributed by atoms with van der Waals surface area (Å²) in [7, 11) is 0. The maximum atomic E-state index is 14.9. The number of aromatic nitrogens is 2. The minimum absolute atomic E-state index is 0.176. The molecule has 1 unspecified atom stereocenters. The molecule has 2 aromatic heterocycles. The Balaban J connectivity index is 1.36. The number of hydrogen-bond acceptors (Lipinski definition) is 6. The van der Waals surface area contributed by atoms with Crippen LogP contribution < -0.4 is 11.3 Å². The summed E-state index contributed by atoms with van der Waals surface area (Å²) >= 11 is 0. The summed E-state index contributed by atoms with van der Waals surface area (Å²) in [5, 5.41) is 10.0. The van der Waals surface area contributed by atoms with E-state index in [1.54, 1.807) is 36.7 Å². The summed E-state index contributed by atoms with van der Waals surface area (Å²) < 4.78 is 14.9. The molecule has 1 aliphatic heterocycles. The quantitative estimate of drug-likeness (QED) is 0.157. The van der Waals surface area contributed by atoms with Crippen molar-refractivity contribution in [3.05, 3.63) is 95.1 Å². The first-order valence-corrected chi connectivity index (χ1v) is 12.6. The molecule has 0 aliphatic carbocycles. The first kappa shape index (κ1) is 26.5. The van der Waals surface area contributed by atoms with E-state index in [1.807, 2.05) is 12.1 Å². The van der Waals surface area contributed by atoms with Crippen molar-refractivity contribution in [2.45, 2.75) is 25.3 Å². The van der Waals surface area contributed by atoms with Crippen LogP contribution in [0.2, 0.25) is 0 Å². The van der Waals surface area contributed by atoms with Gasteiger partial charge in [0.1, 0.15) is 11.9 Å². The lowest BCUT2D eigenvalue weighted by atomic mass is 10.0. The van der Waals surface area contributed by atoms with E-state index in [2.05, 4.69) is 27.2 Å². The average molecular weight is 538 g/mol. The van der Waals surface area contributed by atoms with Crippen LogP contribution in [0.3, 0.4) is 0 Å². The summed E-state index contributed by atoms with van der Waals surface area (Å²) in [5.74, 6) is 8.28. The second-order valence-electron chi connectivity index (χ2n) is 9.29. The van der Waals surface area contributed by atoms with Crippen molar-refractivity contribution in [1.29, 1.82) is 0 Å². The number of nitrogens with one attached hydrogen (secondary N) is 1. The van der Waals surface area contributed by atoms with Crippen LogP contribution in [0.4, 0.5) is 4.39 Å². The van der Waals surface area contributed by atoms with Crippen molar-refractivity contribution in [3.8, 4) is 23.1 Å². The Bertz CT molecular complexity index is 1690. The van der Waals surface area contributed by atoms with E-state index < -0.39 is 29.6 Å². The molecule has 1 atom stereocenters. The minimum atomic E-state index is -1.09. The second-order valence-corrected chi connectivity index (χ2v) is 9.29. The number of nitrogen functional groups attached to an aromatic ring is 1. The number of halogens is 1. The van der Waals surface area contributed by atoms with Gasteiger partial charge in [0.15, 0.2) is 0 Å². The van der Waals surface area contributed by atoms with Crippen LogP contribution in [0.1, 0.15) is 51.1 Å². The van der Waals surface area contributed by atoms with Gasteiger partial charge in [-0.3, -0.25) is 20.0 Å². The Morgan fingerprint density at radius 3 is 2.48 bits per heavy atom. The number of nitrogens with zero attached hydrogens (tertiary/aromatic N) is 3. The van der Waals surface area contributed by atoms with E-state index in [0.29, 0.717) is 52.5 Å². The molecule has 1 fully saturated rings. The lowest BCUT2D eigenvalue weighted by Crippen LogP contribution is -2.48. The van der Waals surface area contributed by atoms with Gasteiger partial charge in [0.25, 0.3) is 11.8 Å². The fourth-order valence-corrected chi connectivity index (χ4v) is 4.70. The summed E-state index contributed by atoms with van der Waals surface area (Å²) in [6.07, 6.45) is 4.89. The third kappa shape index (κ3) is 5.36. The monoisotopic (exact) mass is 537 g/mol. The number of carbonyl (C=O) groups is 3. The lowest BCUT2D eigenvalue weighted by molar-refractivity contribution is -0.143. The van der Waals surface area contributed by atoms with Crippen LogP contribution in [-0.4, -0.2) is 50.3 Å². The summed E-state index contributed by atoms with van der Waals surface area (Å²) in [5.41, 5.74) is 5.26. The first-order valence-electron chi connectivity index (χ1n) is 12.6. The number of piperidine rings is 1. The summed E-state index contributed by atoms with van der Waals surface area (Å²) in [4.78, 5) is 46.6. The SMILES string of the molecule is NNC(=O)c1cc(-c2ccc(C#Cc3ccc(C(=O)N4CCCCC4C(=O)O)c(F)c3)cc2)nc2ccncc12. The standard InChI is InChI=1S/C30H24FN5O4/c31-24-15-19(8-11-21(24)29(38)36-14-2-1-3-27(36)30(39)40)5-4-18-6-9-20(10-7-18)26-16-22(28(37)35-32)23-17-33-13-12-25(23)34-26/h6-13,15-17,27H,1-3,14,32H2,(H,35,37)(H,39,40). The van der Waals surface area contributed by atoms with Gasteiger partial charge in [-0.15, -0.1) is 0 Å². The van der Waals surface area contributed by atoms with Gasteiger partial charge in [0.2, 0.25) is 0 Å². The molecule has 1 aliphatic rings. The van der Waals surface area contributed by atoms with E-state index in [4.69, 9.17) is 5.84 Å². The van der Waals surface area contributed by atoms with E-state index in [-0.39, 0.29) is 12.1 Å². The highest BCUT2D eigenvalue weighted by Gasteiger charge is 2.33. The number of benzene rings is 2. The molecule has 40 heavy (non-hydrogen) atoms. The van der Waals surface area contributed by atoms with Crippen LogP contribution in [0.15, 0.2) is 67.0 Å².